The lowest BCUT2D eigenvalue weighted by atomic mass is 10.1. The van der Waals surface area contributed by atoms with Crippen LogP contribution in [-0.4, -0.2) is 26.4 Å². The highest BCUT2D eigenvalue weighted by Crippen LogP contribution is 2.39. The Bertz CT molecular complexity index is 413. The molecular weight excluding hydrogens is 286 g/mol. The molecule has 1 heterocycles. The predicted octanol–water partition coefficient (Wildman–Crippen LogP) is 2.00. The summed E-state index contributed by atoms with van der Waals surface area (Å²) in [4.78, 5) is 0. The molecule has 0 spiro atoms. The molecule has 2 unspecified atom stereocenters. The molecular formula is C12H16BrNO3. The number of benzene rings is 1. The number of hydrogen-bond acceptors (Lipinski definition) is 4. The van der Waals surface area contributed by atoms with Gasteiger partial charge in [0.15, 0.2) is 5.79 Å². The van der Waals surface area contributed by atoms with Crippen LogP contribution in [0.3, 0.4) is 0 Å². The molecule has 5 heteroatoms. The molecule has 94 valence electrons. The van der Waals surface area contributed by atoms with Crippen molar-refractivity contribution in [2.75, 3.05) is 20.3 Å². The average Bonchev–Trinajstić information content (AvgIpc) is 2.72. The second-order valence-electron chi connectivity index (χ2n) is 4.08. The van der Waals surface area contributed by atoms with E-state index in [0.29, 0.717) is 13.2 Å². The third kappa shape index (κ3) is 2.47. The summed E-state index contributed by atoms with van der Waals surface area (Å²) >= 11 is 3.44. The van der Waals surface area contributed by atoms with Gasteiger partial charge in [-0.25, -0.2) is 0 Å². The molecule has 1 aromatic rings. The van der Waals surface area contributed by atoms with Crippen LogP contribution in [-0.2, 0) is 15.3 Å². The van der Waals surface area contributed by atoms with E-state index in [1.165, 1.54) is 0 Å². The van der Waals surface area contributed by atoms with E-state index in [1.54, 1.807) is 7.11 Å². The molecule has 1 aromatic carbocycles. The number of halogens is 1. The molecule has 0 saturated carbocycles. The molecule has 1 saturated heterocycles. The van der Waals surface area contributed by atoms with Gasteiger partial charge in [0.1, 0.15) is 5.75 Å². The van der Waals surface area contributed by atoms with Crippen molar-refractivity contribution in [3.05, 3.63) is 28.2 Å². The topological polar surface area (TPSA) is 53.7 Å². The van der Waals surface area contributed by atoms with E-state index >= 15 is 0 Å². The standard InChI is InChI=1S/C12H16BrNO3/c1-12(16-7-9(6-14)17-12)10-5-8(13)3-4-11(10)15-2/h3-5,9H,6-7,14H2,1-2H3. The lowest BCUT2D eigenvalue weighted by Crippen LogP contribution is -2.27. The summed E-state index contributed by atoms with van der Waals surface area (Å²) < 4.78 is 17.8. The minimum atomic E-state index is -0.792. The van der Waals surface area contributed by atoms with Gasteiger partial charge in [-0.2, -0.15) is 0 Å². The third-order valence-electron chi connectivity index (χ3n) is 2.85. The summed E-state index contributed by atoms with van der Waals surface area (Å²) in [6, 6.07) is 5.74. The normalized spacial score (nSPS) is 28.4. The van der Waals surface area contributed by atoms with Gasteiger partial charge in [-0.1, -0.05) is 15.9 Å². The summed E-state index contributed by atoms with van der Waals surface area (Å²) in [5, 5.41) is 0. The van der Waals surface area contributed by atoms with E-state index in [2.05, 4.69) is 15.9 Å². The van der Waals surface area contributed by atoms with Gasteiger partial charge in [-0.05, 0) is 25.1 Å². The zero-order chi connectivity index (χ0) is 12.5. The maximum absolute atomic E-state index is 5.83. The highest BCUT2D eigenvalue weighted by Gasteiger charge is 2.40. The first-order valence-corrected chi connectivity index (χ1v) is 6.24. The monoisotopic (exact) mass is 301 g/mol. The van der Waals surface area contributed by atoms with Crippen LogP contribution in [0.1, 0.15) is 12.5 Å². The molecule has 1 fully saturated rings. The molecule has 0 radical (unpaired) electrons. The van der Waals surface area contributed by atoms with E-state index < -0.39 is 5.79 Å². The van der Waals surface area contributed by atoms with Crippen LogP contribution in [0.15, 0.2) is 22.7 Å². The Morgan fingerprint density at radius 2 is 2.35 bits per heavy atom. The second kappa shape index (κ2) is 4.94. The minimum Gasteiger partial charge on any atom is -0.496 e. The second-order valence-corrected chi connectivity index (χ2v) is 4.99. The largest absolute Gasteiger partial charge is 0.496 e. The Morgan fingerprint density at radius 3 is 2.94 bits per heavy atom. The summed E-state index contributed by atoms with van der Waals surface area (Å²) in [6.07, 6.45) is -0.0660. The quantitative estimate of drug-likeness (QED) is 0.928. The Balaban J connectivity index is 2.36. The van der Waals surface area contributed by atoms with Crippen LogP contribution in [0.2, 0.25) is 0 Å². The molecule has 1 aliphatic rings. The van der Waals surface area contributed by atoms with Crippen LogP contribution < -0.4 is 10.5 Å². The molecule has 4 nitrogen and oxygen atoms in total. The zero-order valence-corrected chi connectivity index (χ0v) is 11.5. The molecule has 0 aliphatic carbocycles. The highest BCUT2D eigenvalue weighted by molar-refractivity contribution is 9.10. The van der Waals surface area contributed by atoms with Gasteiger partial charge < -0.3 is 19.9 Å². The number of rotatable bonds is 3. The summed E-state index contributed by atoms with van der Waals surface area (Å²) in [7, 11) is 1.63. The molecule has 2 atom stereocenters. The van der Waals surface area contributed by atoms with Gasteiger partial charge in [0.2, 0.25) is 0 Å². The van der Waals surface area contributed by atoms with Crippen LogP contribution >= 0.6 is 15.9 Å². The Kier molecular flexibility index (Phi) is 3.73. The van der Waals surface area contributed by atoms with E-state index in [0.717, 1.165) is 15.8 Å². The Morgan fingerprint density at radius 1 is 1.59 bits per heavy atom. The Hall–Kier alpha value is -0.620. The number of methoxy groups -OCH3 is 1. The zero-order valence-electron chi connectivity index (χ0n) is 9.90. The van der Waals surface area contributed by atoms with Crippen molar-refractivity contribution in [1.29, 1.82) is 0 Å². The van der Waals surface area contributed by atoms with Crippen LogP contribution in [0.5, 0.6) is 5.75 Å². The van der Waals surface area contributed by atoms with Gasteiger partial charge >= 0.3 is 0 Å². The van der Waals surface area contributed by atoms with Gasteiger partial charge in [-0.15, -0.1) is 0 Å². The van der Waals surface area contributed by atoms with Crippen LogP contribution in [0.25, 0.3) is 0 Å². The predicted molar refractivity (Wildman–Crippen MR) is 67.9 cm³/mol. The maximum Gasteiger partial charge on any atom is 0.196 e. The molecule has 0 bridgehead atoms. The number of ether oxygens (including phenoxy) is 3. The fraction of sp³-hybridized carbons (Fsp3) is 0.500. The van der Waals surface area contributed by atoms with Gasteiger partial charge in [0, 0.05) is 11.0 Å². The summed E-state index contributed by atoms with van der Waals surface area (Å²) in [6.45, 7) is 2.83. The van der Waals surface area contributed by atoms with E-state index in [4.69, 9.17) is 19.9 Å². The van der Waals surface area contributed by atoms with Crippen LogP contribution in [0, 0.1) is 0 Å². The number of hydrogen-bond donors (Lipinski definition) is 1. The van der Waals surface area contributed by atoms with Crippen molar-refractivity contribution >= 4 is 15.9 Å². The van der Waals surface area contributed by atoms with Crippen molar-refractivity contribution in [1.82, 2.24) is 0 Å². The molecule has 17 heavy (non-hydrogen) atoms. The van der Waals surface area contributed by atoms with Gasteiger partial charge in [0.05, 0.1) is 25.4 Å². The molecule has 2 rings (SSSR count). The molecule has 1 aliphatic heterocycles. The lowest BCUT2D eigenvalue weighted by Gasteiger charge is -2.25. The SMILES string of the molecule is COc1ccc(Br)cc1C1(C)OCC(CN)O1. The van der Waals surface area contributed by atoms with Crippen LogP contribution in [0.4, 0.5) is 0 Å². The summed E-state index contributed by atoms with van der Waals surface area (Å²) in [5.41, 5.74) is 6.45. The summed E-state index contributed by atoms with van der Waals surface area (Å²) in [5.74, 6) is -0.0486. The van der Waals surface area contributed by atoms with Crippen molar-refractivity contribution in [3.8, 4) is 5.75 Å². The van der Waals surface area contributed by atoms with E-state index in [-0.39, 0.29) is 6.10 Å². The first-order valence-electron chi connectivity index (χ1n) is 5.45. The molecule has 2 N–H and O–H groups in total. The minimum absolute atomic E-state index is 0.0660. The third-order valence-corrected chi connectivity index (χ3v) is 3.34. The smallest absolute Gasteiger partial charge is 0.196 e. The molecule has 0 amide bonds. The molecule has 0 aromatic heterocycles. The maximum atomic E-state index is 5.83. The fourth-order valence-corrected chi connectivity index (χ4v) is 2.29. The first kappa shape index (κ1) is 12.8. The highest BCUT2D eigenvalue weighted by atomic mass is 79.9. The average molecular weight is 302 g/mol. The van der Waals surface area contributed by atoms with Crippen molar-refractivity contribution < 1.29 is 14.2 Å². The Labute approximate surface area is 109 Å². The first-order chi connectivity index (χ1) is 8.09. The van der Waals surface area contributed by atoms with Crippen molar-refractivity contribution in [2.45, 2.75) is 18.8 Å². The van der Waals surface area contributed by atoms with Gasteiger partial charge in [-0.3, -0.25) is 0 Å². The van der Waals surface area contributed by atoms with Crippen molar-refractivity contribution in [3.63, 3.8) is 0 Å². The van der Waals surface area contributed by atoms with Crippen molar-refractivity contribution in [2.24, 2.45) is 5.73 Å². The lowest BCUT2D eigenvalue weighted by molar-refractivity contribution is -0.161. The van der Waals surface area contributed by atoms with E-state index in [9.17, 15) is 0 Å². The van der Waals surface area contributed by atoms with Gasteiger partial charge in [0.25, 0.3) is 0 Å². The fourth-order valence-electron chi connectivity index (χ4n) is 1.93. The van der Waals surface area contributed by atoms with E-state index in [1.807, 2.05) is 25.1 Å². The number of nitrogens with two attached hydrogens (primary N) is 1.